The molecule has 0 aliphatic heterocycles. The van der Waals surface area contributed by atoms with Gasteiger partial charge in [0.1, 0.15) is 5.78 Å². The second-order valence-electron chi connectivity index (χ2n) is 1.96. The number of carbonyl (C=O) groups is 1. The van der Waals surface area contributed by atoms with Crippen molar-refractivity contribution in [3.05, 3.63) is 0 Å². The normalized spacial score (nSPS) is 13.4. The summed E-state index contributed by atoms with van der Waals surface area (Å²) in [6.45, 7) is 4.19. The topological polar surface area (TPSA) is 43.1 Å². The van der Waals surface area contributed by atoms with Crippen molar-refractivity contribution in [2.75, 3.05) is 6.54 Å². The highest BCUT2D eigenvalue weighted by Crippen LogP contribution is 1.95. The molecule has 8 heavy (non-hydrogen) atoms. The highest BCUT2D eigenvalue weighted by Gasteiger charge is 2.06. The third-order valence-corrected chi connectivity index (χ3v) is 1.25. The zero-order valence-electron chi connectivity index (χ0n) is 5.48. The molecular weight excluding hydrogens is 102 g/mol. The molecule has 0 amide bonds. The average molecular weight is 115 g/mol. The SMILES string of the molecule is CCC(=O)[C@H](C)CN. The maximum absolute atomic E-state index is 10.7. The first-order valence-corrected chi connectivity index (χ1v) is 2.95. The first-order valence-electron chi connectivity index (χ1n) is 2.95. The molecule has 0 saturated heterocycles. The molecule has 0 aromatic rings. The van der Waals surface area contributed by atoms with Gasteiger partial charge in [0.15, 0.2) is 0 Å². The van der Waals surface area contributed by atoms with Crippen LogP contribution in [0.25, 0.3) is 0 Å². The Balaban J connectivity index is 3.46. The van der Waals surface area contributed by atoms with E-state index in [9.17, 15) is 4.79 Å². The van der Waals surface area contributed by atoms with Crippen LogP contribution in [0.3, 0.4) is 0 Å². The standard InChI is InChI=1S/C6H13NO/c1-3-6(8)5(2)4-7/h5H,3-4,7H2,1-2H3/t5-/m1/s1. The Morgan fingerprint density at radius 3 is 2.38 bits per heavy atom. The molecule has 0 heterocycles. The fourth-order valence-corrected chi connectivity index (χ4v) is 0.480. The van der Waals surface area contributed by atoms with E-state index < -0.39 is 0 Å². The molecule has 0 aliphatic rings. The van der Waals surface area contributed by atoms with Crippen LogP contribution in [0.2, 0.25) is 0 Å². The van der Waals surface area contributed by atoms with Gasteiger partial charge in [-0.15, -0.1) is 0 Å². The van der Waals surface area contributed by atoms with Crippen molar-refractivity contribution in [2.45, 2.75) is 20.3 Å². The van der Waals surface area contributed by atoms with Crippen LogP contribution in [-0.2, 0) is 4.79 Å². The van der Waals surface area contributed by atoms with Gasteiger partial charge in [-0.25, -0.2) is 0 Å². The van der Waals surface area contributed by atoms with Crippen molar-refractivity contribution in [2.24, 2.45) is 11.7 Å². The molecule has 0 rings (SSSR count). The van der Waals surface area contributed by atoms with Gasteiger partial charge in [0, 0.05) is 18.9 Å². The minimum absolute atomic E-state index is 0.0556. The molecule has 0 aromatic heterocycles. The second kappa shape index (κ2) is 3.61. The van der Waals surface area contributed by atoms with E-state index in [0.29, 0.717) is 13.0 Å². The second-order valence-corrected chi connectivity index (χ2v) is 1.96. The minimum atomic E-state index is 0.0556. The first-order chi connectivity index (χ1) is 3.72. The van der Waals surface area contributed by atoms with Crippen LogP contribution >= 0.6 is 0 Å². The van der Waals surface area contributed by atoms with Gasteiger partial charge in [0.25, 0.3) is 0 Å². The Morgan fingerprint density at radius 2 is 2.25 bits per heavy atom. The van der Waals surface area contributed by atoms with E-state index in [2.05, 4.69) is 0 Å². The molecule has 0 unspecified atom stereocenters. The van der Waals surface area contributed by atoms with Crippen molar-refractivity contribution in [1.29, 1.82) is 0 Å². The summed E-state index contributed by atoms with van der Waals surface area (Å²) in [4.78, 5) is 10.7. The fraction of sp³-hybridized carbons (Fsp3) is 0.833. The van der Waals surface area contributed by atoms with E-state index in [1.54, 1.807) is 0 Å². The molecule has 48 valence electrons. The largest absolute Gasteiger partial charge is 0.330 e. The molecule has 1 atom stereocenters. The maximum atomic E-state index is 10.7. The number of hydrogen-bond donors (Lipinski definition) is 1. The third kappa shape index (κ3) is 2.07. The number of Topliss-reactive ketones (excluding diaryl/α,β-unsaturated/α-hetero) is 1. The first kappa shape index (κ1) is 7.63. The summed E-state index contributed by atoms with van der Waals surface area (Å²) in [5.74, 6) is 0.313. The summed E-state index contributed by atoms with van der Waals surface area (Å²) in [5.41, 5.74) is 5.23. The van der Waals surface area contributed by atoms with Gasteiger partial charge in [-0.3, -0.25) is 4.79 Å². The number of ketones is 1. The van der Waals surface area contributed by atoms with Gasteiger partial charge in [-0.05, 0) is 0 Å². The van der Waals surface area contributed by atoms with Crippen LogP contribution in [0.4, 0.5) is 0 Å². The summed E-state index contributed by atoms with van der Waals surface area (Å²) in [6.07, 6.45) is 0.609. The molecule has 2 nitrogen and oxygen atoms in total. The van der Waals surface area contributed by atoms with Crippen LogP contribution in [0, 0.1) is 5.92 Å². The van der Waals surface area contributed by atoms with E-state index in [4.69, 9.17) is 5.73 Å². The lowest BCUT2D eigenvalue weighted by atomic mass is 10.1. The number of carbonyl (C=O) groups excluding carboxylic acids is 1. The molecule has 0 fully saturated rings. The number of rotatable bonds is 3. The Morgan fingerprint density at radius 1 is 1.75 bits per heavy atom. The van der Waals surface area contributed by atoms with Crippen molar-refractivity contribution in [1.82, 2.24) is 0 Å². The van der Waals surface area contributed by atoms with Gasteiger partial charge in [0.2, 0.25) is 0 Å². The molecule has 2 heteroatoms. The van der Waals surface area contributed by atoms with E-state index in [1.807, 2.05) is 13.8 Å². The van der Waals surface area contributed by atoms with Crippen LogP contribution in [0.15, 0.2) is 0 Å². The summed E-state index contributed by atoms with van der Waals surface area (Å²) in [6, 6.07) is 0. The zero-order valence-corrected chi connectivity index (χ0v) is 5.48. The predicted octanol–water partition coefficient (Wildman–Crippen LogP) is 0.560. The summed E-state index contributed by atoms with van der Waals surface area (Å²) in [5, 5.41) is 0. The van der Waals surface area contributed by atoms with E-state index >= 15 is 0 Å². The molecule has 2 N–H and O–H groups in total. The van der Waals surface area contributed by atoms with Crippen LogP contribution in [-0.4, -0.2) is 12.3 Å². The molecular formula is C6H13NO. The maximum Gasteiger partial charge on any atom is 0.136 e. The smallest absolute Gasteiger partial charge is 0.136 e. The van der Waals surface area contributed by atoms with Gasteiger partial charge < -0.3 is 5.73 Å². The van der Waals surface area contributed by atoms with Gasteiger partial charge in [-0.1, -0.05) is 13.8 Å². The average Bonchev–Trinajstić information content (AvgIpc) is 1.84. The predicted molar refractivity (Wildman–Crippen MR) is 33.5 cm³/mol. The van der Waals surface area contributed by atoms with E-state index in [1.165, 1.54) is 0 Å². The molecule has 0 saturated carbocycles. The van der Waals surface area contributed by atoms with Gasteiger partial charge in [-0.2, -0.15) is 0 Å². The van der Waals surface area contributed by atoms with Crippen molar-refractivity contribution in [3.63, 3.8) is 0 Å². The highest BCUT2D eigenvalue weighted by atomic mass is 16.1. The minimum Gasteiger partial charge on any atom is -0.330 e. The van der Waals surface area contributed by atoms with Crippen LogP contribution in [0.5, 0.6) is 0 Å². The van der Waals surface area contributed by atoms with Crippen molar-refractivity contribution >= 4 is 5.78 Å². The fourth-order valence-electron chi connectivity index (χ4n) is 0.480. The summed E-state index contributed by atoms with van der Waals surface area (Å²) in [7, 11) is 0. The zero-order chi connectivity index (χ0) is 6.57. The van der Waals surface area contributed by atoms with E-state index in [-0.39, 0.29) is 11.7 Å². The molecule has 0 aromatic carbocycles. The lowest BCUT2D eigenvalue weighted by molar-refractivity contribution is -0.121. The molecule has 0 aliphatic carbocycles. The van der Waals surface area contributed by atoms with Gasteiger partial charge in [0.05, 0.1) is 0 Å². The number of nitrogens with two attached hydrogens (primary N) is 1. The van der Waals surface area contributed by atoms with Crippen molar-refractivity contribution in [3.8, 4) is 0 Å². The lowest BCUT2D eigenvalue weighted by Crippen LogP contribution is -2.19. The quantitative estimate of drug-likeness (QED) is 0.584. The third-order valence-electron chi connectivity index (χ3n) is 1.25. The molecule has 0 bridgehead atoms. The van der Waals surface area contributed by atoms with Gasteiger partial charge >= 0.3 is 0 Å². The van der Waals surface area contributed by atoms with Crippen LogP contribution < -0.4 is 5.73 Å². The Labute approximate surface area is 50.1 Å². The Bertz CT molecular complexity index is 80.6. The Kier molecular flexibility index (Phi) is 3.44. The van der Waals surface area contributed by atoms with Crippen molar-refractivity contribution < 1.29 is 4.79 Å². The van der Waals surface area contributed by atoms with E-state index in [0.717, 1.165) is 0 Å². The summed E-state index contributed by atoms with van der Waals surface area (Å²) < 4.78 is 0. The molecule has 0 spiro atoms. The molecule has 0 radical (unpaired) electrons. The monoisotopic (exact) mass is 115 g/mol. The van der Waals surface area contributed by atoms with Crippen LogP contribution in [0.1, 0.15) is 20.3 Å². The Hall–Kier alpha value is -0.370. The highest BCUT2D eigenvalue weighted by molar-refractivity contribution is 5.80. The number of hydrogen-bond acceptors (Lipinski definition) is 2. The lowest BCUT2D eigenvalue weighted by Gasteiger charge is -2.02. The summed E-state index contributed by atoms with van der Waals surface area (Å²) >= 11 is 0.